The lowest BCUT2D eigenvalue weighted by Gasteiger charge is -2.43. The van der Waals surface area contributed by atoms with E-state index in [1.807, 2.05) is 6.08 Å². The van der Waals surface area contributed by atoms with Crippen LogP contribution in [0.1, 0.15) is 47.5 Å². The molecule has 2 rings (SSSR count). The molecule has 0 heterocycles. The fourth-order valence-electron chi connectivity index (χ4n) is 4.32. The number of benzene rings is 2. The molecule has 0 bridgehead atoms. The maximum absolute atomic E-state index is 11.3. The lowest BCUT2D eigenvalue weighted by atomic mass is 9.95. The van der Waals surface area contributed by atoms with Crippen LogP contribution in [0.3, 0.4) is 0 Å². The molecule has 0 fully saturated rings. The molecule has 3 nitrogen and oxygen atoms in total. The second-order valence-corrected chi connectivity index (χ2v) is 13.8. The number of allylic oxidation sites excluding steroid dienone is 1. The third kappa shape index (κ3) is 6.65. The third-order valence-electron chi connectivity index (χ3n) is 5.88. The second kappa shape index (κ2) is 11.4. The highest BCUT2D eigenvalue weighted by Crippen LogP contribution is 2.37. The number of methoxy groups -OCH3 is 1. The van der Waals surface area contributed by atoms with Crippen molar-refractivity contribution in [3.63, 3.8) is 0 Å². The van der Waals surface area contributed by atoms with Gasteiger partial charge in [0.2, 0.25) is 0 Å². The first-order valence-corrected chi connectivity index (χ1v) is 13.1. The highest BCUT2D eigenvalue weighted by Gasteiger charge is 2.49. The summed E-state index contributed by atoms with van der Waals surface area (Å²) in [4.78, 5) is 11.3. The highest BCUT2D eigenvalue weighted by atomic mass is 28.4. The maximum atomic E-state index is 11.3. The van der Waals surface area contributed by atoms with Gasteiger partial charge in [-0.1, -0.05) is 101 Å². The Morgan fingerprint density at radius 3 is 1.94 bits per heavy atom. The van der Waals surface area contributed by atoms with Crippen LogP contribution in [-0.2, 0) is 14.0 Å². The summed E-state index contributed by atoms with van der Waals surface area (Å²) < 4.78 is 11.7. The van der Waals surface area contributed by atoms with Gasteiger partial charge in [0.25, 0.3) is 8.32 Å². The molecule has 31 heavy (non-hydrogen) atoms. The standard InChI is InChI=1S/C27H38O3Si/c1-22(17-18-26(28)29-6)21-23(2)19-20-30-31(27(3,4)5,24-13-9-7-10-14-24)25-15-11-8-12-16-25/h7-18,22-23H,19-21H2,1-6H3/b18-17+/t22-,23-/m1/s1. The Morgan fingerprint density at radius 1 is 0.968 bits per heavy atom. The van der Waals surface area contributed by atoms with E-state index in [1.54, 1.807) is 0 Å². The monoisotopic (exact) mass is 438 g/mol. The molecule has 0 N–H and O–H groups in total. The van der Waals surface area contributed by atoms with E-state index in [4.69, 9.17) is 4.43 Å². The van der Waals surface area contributed by atoms with E-state index >= 15 is 0 Å². The average molecular weight is 439 g/mol. The van der Waals surface area contributed by atoms with Crippen LogP contribution in [0, 0.1) is 11.8 Å². The van der Waals surface area contributed by atoms with Crippen LogP contribution in [0.25, 0.3) is 0 Å². The van der Waals surface area contributed by atoms with Crippen molar-refractivity contribution < 1.29 is 14.0 Å². The van der Waals surface area contributed by atoms with Crippen LogP contribution in [-0.4, -0.2) is 28.0 Å². The minimum Gasteiger partial charge on any atom is -0.466 e. The Balaban J connectivity index is 2.18. The summed E-state index contributed by atoms with van der Waals surface area (Å²) in [7, 11) is -1.06. The molecule has 0 aliphatic heterocycles. The topological polar surface area (TPSA) is 35.5 Å². The lowest BCUT2D eigenvalue weighted by Crippen LogP contribution is -2.66. The van der Waals surface area contributed by atoms with Gasteiger partial charge in [-0.25, -0.2) is 4.79 Å². The number of carbonyl (C=O) groups is 1. The van der Waals surface area contributed by atoms with Gasteiger partial charge in [-0.05, 0) is 40.1 Å². The zero-order valence-corrected chi connectivity index (χ0v) is 20.9. The molecule has 0 amide bonds. The molecule has 0 aliphatic rings. The summed E-state index contributed by atoms with van der Waals surface area (Å²) in [6, 6.07) is 21.5. The van der Waals surface area contributed by atoms with Gasteiger partial charge in [0, 0.05) is 12.7 Å². The zero-order valence-electron chi connectivity index (χ0n) is 19.9. The van der Waals surface area contributed by atoms with Crippen LogP contribution in [0.4, 0.5) is 0 Å². The number of hydrogen-bond donors (Lipinski definition) is 0. The lowest BCUT2D eigenvalue weighted by molar-refractivity contribution is -0.134. The molecule has 168 valence electrons. The third-order valence-corrected chi connectivity index (χ3v) is 10.9. The Kier molecular flexibility index (Phi) is 9.26. The van der Waals surface area contributed by atoms with Gasteiger partial charge in [-0.2, -0.15) is 0 Å². The first kappa shape index (κ1) is 25.1. The zero-order chi connectivity index (χ0) is 22.9. The van der Waals surface area contributed by atoms with Gasteiger partial charge >= 0.3 is 5.97 Å². The minimum atomic E-state index is -2.47. The molecule has 0 spiro atoms. The molecule has 0 aromatic heterocycles. The average Bonchev–Trinajstić information content (AvgIpc) is 2.75. The van der Waals surface area contributed by atoms with E-state index in [9.17, 15) is 4.79 Å². The first-order chi connectivity index (χ1) is 14.7. The van der Waals surface area contributed by atoms with E-state index in [0.717, 1.165) is 19.4 Å². The van der Waals surface area contributed by atoms with Crippen LogP contribution >= 0.6 is 0 Å². The summed E-state index contributed by atoms with van der Waals surface area (Å²) in [6.45, 7) is 12.0. The normalized spacial score (nSPS) is 14.4. The predicted molar refractivity (Wildman–Crippen MR) is 132 cm³/mol. The van der Waals surface area contributed by atoms with Crippen molar-refractivity contribution in [3.05, 3.63) is 72.8 Å². The van der Waals surface area contributed by atoms with Gasteiger partial charge < -0.3 is 9.16 Å². The summed E-state index contributed by atoms with van der Waals surface area (Å²) >= 11 is 0. The molecule has 0 saturated carbocycles. The van der Waals surface area contributed by atoms with Crippen molar-refractivity contribution in [2.75, 3.05) is 13.7 Å². The SMILES string of the molecule is COC(=O)/C=C/[C@@H](C)C[C@H](C)CCO[Si](c1ccccc1)(c1ccccc1)C(C)(C)C. The van der Waals surface area contributed by atoms with Gasteiger partial charge in [-0.15, -0.1) is 0 Å². The molecule has 0 aliphatic carbocycles. The predicted octanol–water partition coefficient (Wildman–Crippen LogP) is 5.34. The van der Waals surface area contributed by atoms with Crippen molar-refractivity contribution in [2.45, 2.75) is 52.5 Å². The largest absolute Gasteiger partial charge is 0.466 e. The van der Waals surface area contributed by atoms with E-state index < -0.39 is 8.32 Å². The highest BCUT2D eigenvalue weighted by molar-refractivity contribution is 6.99. The van der Waals surface area contributed by atoms with Crippen LogP contribution < -0.4 is 10.4 Å². The van der Waals surface area contributed by atoms with E-state index in [-0.39, 0.29) is 11.0 Å². The van der Waals surface area contributed by atoms with E-state index in [1.165, 1.54) is 23.6 Å². The fraction of sp³-hybridized carbons (Fsp3) is 0.444. The summed E-state index contributed by atoms with van der Waals surface area (Å²) in [5.74, 6) is 0.520. The Hall–Kier alpha value is -2.17. The number of rotatable bonds is 10. The molecular weight excluding hydrogens is 400 g/mol. The maximum Gasteiger partial charge on any atom is 0.330 e. The van der Waals surface area contributed by atoms with E-state index in [0.29, 0.717) is 11.8 Å². The molecule has 4 heteroatoms. The Labute approximate surface area is 189 Å². The van der Waals surface area contributed by atoms with Gasteiger partial charge in [-0.3, -0.25) is 0 Å². The molecule has 0 unspecified atom stereocenters. The first-order valence-electron chi connectivity index (χ1n) is 11.2. The van der Waals surface area contributed by atoms with Crippen molar-refractivity contribution in [2.24, 2.45) is 11.8 Å². The van der Waals surface area contributed by atoms with Crippen molar-refractivity contribution >= 4 is 24.7 Å². The summed E-state index contributed by atoms with van der Waals surface area (Å²) in [5, 5.41) is 2.63. The van der Waals surface area contributed by atoms with Crippen LogP contribution in [0.5, 0.6) is 0 Å². The van der Waals surface area contributed by atoms with Gasteiger partial charge in [0.05, 0.1) is 7.11 Å². The van der Waals surface area contributed by atoms with E-state index in [2.05, 4.69) is 100 Å². The van der Waals surface area contributed by atoms with Crippen molar-refractivity contribution in [1.82, 2.24) is 0 Å². The molecule has 2 aromatic carbocycles. The van der Waals surface area contributed by atoms with Crippen molar-refractivity contribution in [3.8, 4) is 0 Å². The smallest absolute Gasteiger partial charge is 0.330 e. The number of carbonyl (C=O) groups excluding carboxylic acids is 1. The molecular formula is C27H38O3Si. The minimum absolute atomic E-state index is 0.00448. The fourth-order valence-corrected chi connectivity index (χ4v) is 8.90. The number of esters is 1. The Bertz CT molecular complexity index is 785. The van der Waals surface area contributed by atoms with Gasteiger partial charge in [0.15, 0.2) is 0 Å². The summed E-state index contributed by atoms with van der Waals surface area (Å²) in [5.41, 5.74) is 0. The van der Waals surface area contributed by atoms with Crippen LogP contribution in [0.15, 0.2) is 72.8 Å². The van der Waals surface area contributed by atoms with Gasteiger partial charge in [0.1, 0.15) is 0 Å². The number of ether oxygens (including phenoxy) is 1. The van der Waals surface area contributed by atoms with Crippen LogP contribution in [0.2, 0.25) is 5.04 Å². The quantitative estimate of drug-likeness (QED) is 0.285. The molecule has 0 radical (unpaired) electrons. The molecule has 2 aromatic rings. The second-order valence-electron chi connectivity index (χ2n) is 9.50. The summed E-state index contributed by atoms with van der Waals surface area (Å²) in [6.07, 6.45) is 5.46. The van der Waals surface area contributed by atoms with Crippen molar-refractivity contribution in [1.29, 1.82) is 0 Å². The Morgan fingerprint density at radius 2 is 1.48 bits per heavy atom. The molecule has 0 saturated heterocycles. The number of hydrogen-bond acceptors (Lipinski definition) is 3. The molecule has 2 atom stereocenters.